The van der Waals surface area contributed by atoms with Gasteiger partial charge in [-0.05, 0) is 13.0 Å². The topological polar surface area (TPSA) is 65.2 Å². The summed E-state index contributed by atoms with van der Waals surface area (Å²) in [5, 5.41) is 0. The Kier molecular flexibility index (Phi) is 3.39. The third-order valence-electron chi connectivity index (χ3n) is 1.52. The summed E-state index contributed by atoms with van der Waals surface area (Å²) in [6.45, 7) is 1.26. The Hall–Kier alpha value is -1.65. The fraction of sp³-hybridized carbons (Fsp3) is 0.333. The monoisotopic (exact) mass is 198 g/mol. The smallest absolute Gasteiger partial charge is 0.254 e. The van der Waals surface area contributed by atoms with Gasteiger partial charge in [-0.3, -0.25) is 9.78 Å². The van der Waals surface area contributed by atoms with Gasteiger partial charge in [0.25, 0.3) is 5.91 Å². The van der Waals surface area contributed by atoms with E-state index in [0.717, 1.165) is 0 Å². The van der Waals surface area contributed by atoms with E-state index < -0.39 is 12.1 Å². The number of hydrogen-bond acceptors (Lipinski definition) is 3. The van der Waals surface area contributed by atoms with E-state index in [0.29, 0.717) is 0 Å². The summed E-state index contributed by atoms with van der Waals surface area (Å²) in [5.74, 6) is -0.378. The lowest BCUT2D eigenvalue weighted by Gasteiger charge is -2.08. The van der Waals surface area contributed by atoms with Crippen LogP contribution >= 0.6 is 0 Å². The lowest BCUT2D eigenvalue weighted by Crippen LogP contribution is -2.15. The molecule has 0 aliphatic carbocycles. The number of halogens is 1. The molecule has 14 heavy (non-hydrogen) atoms. The second-order valence-corrected chi connectivity index (χ2v) is 2.83. The summed E-state index contributed by atoms with van der Waals surface area (Å²) < 4.78 is 17.5. The fourth-order valence-electron chi connectivity index (χ4n) is 0.897. The molecule has 1 amide bonds. The number of rotatable bonds is 4. The van der Waals surface area contributed by atoms with Gasteiger partial charge in [0.1, 0.15) is 18.5 Å². The van der Waals surface area contributed by atoms with Crippen molar-refractivity contribution < 1.29 is 13.9 Å². The molecule has 76 valence electrons. The Bertz CT molecular complexity index is 328. The highest BCUT2D eigenvalue weighted by Gasteiger charge is 2.09. The van der Waals surface area contributed by atoms with Crippen LogP contribution in [0, 0.1) is 0 Å². The minimum atomic E-state index is -1.09. The van der Waals surface area contributed by atoms with Gasteiger partial charge < -0.3 is 10.5 Å². The lowest BCUT2D eigenvalue weighted by molar-refractivity contribution is 0.0994. The fourth-order valence-corrected chi connectivity index (χ4v) is 0.897. The van der Waals surface area contributed by atoms with Crippen molar-refractivity contribution in [3.8, 4) is 5.75 Å². The van der Waals surface area contributed by atoms with E-state index >= 15 is 0 Å². The molecule has 0 radical (unpaired) electrons. The summed E-state index contributed by atoms with van der Waals surface area (Å²) in [6.07, 6.45) is 1.65. The zero-order valence-corrected chi connectivity index (χ0v) is 7.74. The SMILES string of the molecule is C[C@H](F)COc1ccncc1C(N)=O. The molecule has 0 aromatic carbocycles. The number of nitrogens with two attached hydrogens (primary N) is 1. The molecular weight excluding hydrogens is 187 g/mol. The van der Waals surface area contributed by atoms with Crippen molar-refractivity contribution in [1.29, 1.82) is 0 Å². The van der Waals surface area contributed by atoms with Crippen molar-refractivity contribution in [1.82, 2.24) is 4.98 Å². The van der Waals surface area contributed by atoms with Crippen molar-refractivity contribution in [3.05, 3.63) is 24.0 Å². The zero-order valence-electron chi connectivity index (χ0n) is 7.74. The van der Waals surface area contributed by atoms with Gasteiger partial charge in [-0.25, -0.2) is 4.39 Å². The normalized spacial score (nSPS) is 12.1. The average molecular weight is 198 g/mol. The Morgan fingerprint density at radius 2 is 2.50 bits per heavy atom. The maximum absolute atomic E-state index is 12.5. The first kappa shape index (κ1) is 10.4. The number of carbonyl (C=O) groups excluding carboxylic acids is 1. The van der Waals surface area contributed by atoms with Gasteiger partial charge in [-0.2, -0.15) is 0 Å². The minimum Gasteiger partial charge on any atom is -0.490 e. The second kappa shape index (κ2) is 4.55. The Morgan fingerprint density at radius 1 is 1.79 bits per heavy atom. The summed E-state index contributed by atoms with van der Waals surface area (Å²) in [4.78, 5) is 14.6. The van der Waals surface area contributed by atoms with E-state index in [1.165, 1.54) is 25.4 Å². The van der Waals surface area contributed by atoms with E-state index in [4.69, 9.17) is 10.5 Å². The largest absolute Gasteiger partial charge is 0.490 e. The summed E-state index contributed by atoms with van der Waals surface area (Å²) in [6, 6.07) is 1.47. The number of ether oxygens (including phenoxy) is 1. The summed E-state index contributed by atoms with van der Waals surface area (Å²) >= 11 is 0. The number of nitrogens with zero attached hydrogens (tertiary/aromatic N) is 1. The van der Waals surface area contributed by atoms with Gasteiger partial charge in [0.05, 0.1) is 5.56 Å². The predicted octanol–water partition coefficient (Wildman–Crippen LogP) is 0.917. The predicted molar refractivity (Wildman–Crippen MR) is 48.8 cm³/mol. The molecule has 1 aromatic rings. The molecule has 0 fully saturated rings. The van der Waals surface area contributed by atoms with Crippen LogP contribution in [0.4, 0.5) is 4.39 Å². The maximum Gasteiger partial charge on any atom is 0.254 e. The van der Waals surface area contributed by atoms with E-state index in [1.807, 2.05) is 0 Å². The molecule has 2 N–H and O–H groups in total. The standard InChI is InChI=1S/C9H11FN2O2/c1-6(10)5-14-8-2-3-12-4-7(8)9(11)13/h2-4,6H,5H2,1H3,(H2,11,13)/t6-/m0/s1. The van der Waals surface area contributed by atoms with Crippen LogP contribution in [0.5, 0.6) is 5.75 Å². The Labute approximate surface area is 80.9 Å². The van der Waals surface area contributed by atoms with Crippen LogP contribution in [0.3, 0.4) is 0 Å². The Morgan fingerprint density at radius 3 is 3.07 bits per heavy atom. The van der Waals surface area contributed by atoms with Crippen LogP contribution in [0.2, 0.25) is 0 Å². The Balaban J connectivity index is 2.79. The molecule has 1 aromatic heterocycles. The number of aromatic nitrogens is 1. The zero-order chi connectivity index (χ0) is 10.6. The van der Waals surface area contributed by atoms with Crippen molar-refractivity contribution in [3.63, 3.8) is 0 Å². The highest BCUT2D eigenvalue weighted by atomic mass is 19.1. The van der Waals surface area contributed by atoms with Crippen LogP contribution in [-0.4, -0.2) is 23.7 Å². The van der Waals surface area contributed by atoms with Crippen LogP contribution in [-0.2, 0) is 0 Å². The maximum atomic E-state index is 12.5. The van der Waals surface area contributed by atoms with E-state index in [9.17, 15) is 9.18 Å². The van der Waals surface area contributed by atoms with Gasteiger partial charge in [0.15, 0.2) is 0 Å². The third-order valence-corrected chi connectivity index (χ3v) is 1.52. The quantitative estimate of drug-likeness (QED) is 0.782. The molecule has 4 nitrogen and oxygen atoms in total. The van der Waals surface area contributed by atoms with Crippen molar-refractivity contribution in [2.24, 2.45) is 5.73 Å². The van der Waals surface area contributed by atoms with Crippen LogP contribution in [0.1, 0.15) is 17.3 Å². The summed E-state index contributed by atoms with van der Waals surface area (Å²) in [7, 11) is 0. The van der Waals surface area contributed by atoms with E-state index in [1.54, 1.807) is 0 Å². The van der Waals surface area contributed by atoms with Crippen molar-refractivity contribution >= 4 is 5.91 Å². The van der Waals surface area contributed by atoms with Crippen LogP contribution < -0.4 is 10.5 Å². The number of pyridine rings is 1. The van der Waals surface area contributed by atoms with E-state index in [2.05, 4.69) is 4.98 Å². The number of amides is 1. The highest BCUT2D eigenvalue weighted by Crippen LogP contribution is 2.16. The number of carbonyl (C=O) groups is 1. The molecule has 0 unspecified atom stereocenters. The number of alkyl halides is 1. The van der Waals surface area contributed by atoms with E-state index in [-0.39, 0.29) is 17.9 Å². The molecule has 1 atom stereocenters. The molecule has 0 aliphatic rings. The molecule has 5 heteroatoms. The van der Waals surface area contributed by atoms with Gasteiger partial charge in [-0.15, -0.1) is 0 Å². The van der Waals surface area contributed by atoms with Gasteiger partial charge in [0, 0.05) is 12.4 Å². The number of primary amides is 1. The van der Waals surface area contributed by atoms with Crippen LogP contribution in [0.15, 0.2) is 18.5 Å². The first-order valence-corrected chi connectivity index (χ1v) is 4.12. The summed E-state index contributed by atoms with van der Waals surface area (Å²) in [5.41, 5.74) is 5.23. The van der Waals surface area contributed by atoms with Gasteiger partial charge in [-0.1, -0.05) is 0 Å². The van der Waals surface area contributed by atoms with Gasteiger partial charge in [0.2, 0.25) is 0 Å². The van der Waals surface area contributed by atoms with Gasteiger partial charge >= 0.3 is 0 Å². The lowest BCUT2D eigenvalue weighted by atomic mass is 10.2. The average Bonchev–Trinajstić information content (AvgIpc) is 2.15. The van der Waals surface area contributed by atoms with Crippen LogP contribution in [0.25, 0.3) is 0 Å². The molecule has 1 rings (SSSR count). The van der Waals surface area contributed by atoms with Crippen molar-refractivity contribution in [2.75, 3.05) is 6.61 Å². The molecule has 1 heterocycles. The third kappa shape index (κ3) is 2.69. The first-order chi connectivity index (χ1) is 6.61. The molecular formula is C9H11FN2O2. The molecule has 0 aliphatic heterocycles. The molecule has 0 bridgehead atoms. The molecule has 0 spiro atoms. The first-order valence-electron chi connectivity index (χ1n) is 4.12. The molecule has 0 saturated carbocycles. The minimum absolute atomic E-state index is 0.107. The molecule has 0 saturated heterocycles. The second-order valence-electron chi connectivity index (χ2n) is 2.83. The number of hydrogen-bond donors (Lipinski definition) is 1. The van der Waals surface area contributed by atoms with Crippen molar-refractivity contribution in [2.45, 2.75) is 13.1 Å². The highest BCUT2D eigenvalue weighted by molar-refractivity contribution is 5.95.